The molecule has 0 spiro atoms. The molecule has 5 saturated carbocycles. The van der Waals surface area contributed by atoms with Gasteiger partial charge < -0.3 is 4.90 Å². The summed E-state index contributed by atoms with van der Waals surface area (Å²) in [7, 11) is 5.01. The molecule has 0 bridgehead atoms. The van der Waals surface area contributed by atoms with Crippen LogP contribution in [-0.4, -0.2) is 47.3 Å². The van der Waals surface area contributed by atoms with Crippen molar-refractivity contribution in [3.05, 3.63) is 29.8 Å². The van der Waals surface area contributed by atoms with E-state index in [-0.39, 0.29) is 15.8 Å². The van der Waals surface area contributed by atoms with Crippen molar-refractivity contribution in [3.8, 4) is 0 Å². The van der Waals surface area contributed by atoms with E-state index in [1.165, 1.54) is 116 Å². The zero-order chi connectivity index (χ0) is 28.0. The number of nitrogens with zero attached hydrogens (tertiary/aromatic N) is 1. The fourth-order valence-corrected chi connectivity index (χ4v) is 19.4. The maximum Gasteiger partial charge on any atom is 0.0382 e. The summed E-state index contributed by atoms with van der Waals surface area (Å²) in [6.45, 7) is 0. The topological polar surface area (TPSA) is 3.24 Å². The molecule has 0 N–H and O–H groups in total. The van der Waals surface area contributed by atoms with Gasteiger partial charge in [0.25, 0.3) is 0 Å². The van der Waals surface area contributed by atoms with Crippen LogP contribution in [0.15, 0.2) is 24.3 Å². The average Bonchev–Trinajstić information content (AvgIpc) is 3.49. The highest BCUT2D eigenvalue weighted by molar-refractivity contribution is 7.67. The molecule has 1 nitrogen and oxygen atoms in total. The standard InChI is InChI=1S/C38H63NP2/c1-39(2)38(35-27-17-29-37(35)41(32-22-11-5-12-23-32)33-24-13-6-14-25-33)34-26-15-16-28-36(34)40(30-18-7-3-8-19-30)31-20-9-4-10-21-31/h15-16,26,28,30-33,35,37-38H,3-14,17-25,27,29H2,1-2H3/t35-,37+,38+/m0/s1. The highest BCUT2D eigenvalue weighted by Gasteiger charge is 2.46. The minimum Gasteiger partial charge on any atom is -0.302 e. The zero-order valence-corrected chi connectivity index (χ0v) is 28.7. The van der Waals surface area contributed by atoms with Crippen molar-refractivity contribution in [2.45, 2.75) is 182 Å². The monoisotopic (exact) mass is 595 g/mol. The fraction of sp³-hybridized carbons (Fsp3) is 0.842. The van der Waals surface area contributed by atoms with Crippen molar-refractivity contribution in [1.29, 1.82) is 0 Å². The van der Waals surface area contributed by atoms with Gasteiger partial charge in [0.1, 0.15) is 0 Å². The van der Waals surface area contributed by atoms with Crippen molar-refractivity contribution in [3.63, 3.8) is 0 Å². The largest absolute Gasteiger partial charge is 0.302 e. The summed E-state index contributed by atoms with van der Waals surface area (Å²) < 4.78 is 0. The molecule has 3 atom stereocenters. The molecular formula is C38H63NP2. The summed E-state index contributed by atoms with van der Waals surface area (Å²) >= 11 is 0. The fourth-order valence-electron chi connectivity index (χ4n) is 10.6. The molecule has 1 aromatic rings. The number of hydrogen-bond donors (Lipinski definition) is 0. The smallest absolute Gasteiger partial charge is 0.0382 e. The van der Waals surface area contributed by atoms with Crippen LogP contribution in [0.4, 0.5) is 0 Å². The Bertz CT molecular complexity index is 871. The summed E-state index contributed by atoms with van der Waals surface area (Å²) in [5, 5.41) is 1.88. The lowest BCUT2D eigenvalue weighted by Gasteiger charge is -2.47. The van der Waals surface area contributed by atoms with Crippen LogP contribution < -0.4 is 5.30 Å². The van der Waals surface area contributed by atoms with Gasteiger partial charge in [-0.2, -0.15) is 0 Å². The van der Waals surface area contributed by atoms with E-state index in [1.807, 2.05) is 5.30 Å². The zero-order valence-electron chi connectivity index (χ0n) is 27.0. The molecule has 0 radical (unpaired) electrons. The molecule has 230 valence electrons. The van der Waals surface area contributed by atoms with Gasteiger partial charge in [0.2, 0.25) is 0 Å². The lowest BCUT2D eigenvalue weighted by molar-refractivity contribution is 0.216. The van der Waals surface area contributed by atoms with Crippen molar-refractivity contribution in [2.24, 2.45) is 5.92 Å². The van der Waals surface area contributed by atoms with Gasteiger partial charge in [-0.3, -0.25) is 0 Å². The van der Waals surface area contributed by atoms with Crippen molar-refractivity contribution >= 4 is 21.1 Å². The highest BCUT2D eigenvalue weighted by Crippen LogP contribution is 2.65. The Balaban J connectivity index is 1.35. The van der Waals surface area contributed by atoms with Gasteiger partial charge in [-0.25, -0.2) is 0 Å². The molecule has 0 heterocycles. The third-order valence-corrected chi connectivity index (χ3v) is 20.0. The number of benzene rings is 1. The lowest BCUT2D eigenvalue weighted by Crippen LogP contribution is -2.38. The minimum absolute atomic E-state index is 0.0597. The second kappa shape index (κ2) is 15.4. The van der Waals surface area contributed by atoms with E-state index < -0.39 is 0 Å². The molecule has 0 aliphatic heterocycles. The second-order valence-electron chi connectivity index (χ2n) is 15.2. The summed E-state index contributed by atoms with van der Waals surface area (Å²) in [6, 6.07) is 10.8. The summed E-state index contributed by atoms with van der Waals surface area (Å²) in [6.07, 6.45) is 35.0. The van der Waals surface area contributed by atoms with Crippen molar-refractivity contribution in [2.75, 3.05) is 14.1 Å². The summed E-state index contributed by atoms with van der Waals surface area (Å²) in [5.41, 5.74) is 6.99. The van der Waals surface area contributed by atoms with Crippen LogP contribution in [0.25, 0.3) is 0 Å². The Labute approximate surface area is 257 Å². The van der Waals surface area contributed by atoms with E-state index in [1.54, 1.807) is 37.7 Å². The molecule has 41 heavy (non-hydrogen) atoms. The predicted molar refractivity (Wildman–Crippen MR) is 185 cm³/mol. The molecule has 0 amide bonds. The molecule has 3 heteroatoms. The van der Waals surface area contributed by atoms with Gasteiger partial charge in [-0.1, -0.05) is 124 Å². The SMILES string of the molecule is CN(C)[C@H](c1ccccc1P(C1CCCCC1)C1CCCCC1)[C@H]1CCC[C@H]1P(C1CCCCC1)C1CCCCC1. The van der Waals surface area contributed by atoms with Crippen LogP contribution in [0.1, 0.15) is 159 Å². The van der Waals surface area contributed by atoms with Gasteiger partial charge in [-0.05, 0) is 123 Å². The van der Waals surface area contributed by atoms with Crippen molar-refractivity contribution in [1.82, 2.24) is 4.90 Å². The molecule has 0 aromatic heterocycles. The molecule has 5 aliphatic carbocycles. The van der Waals surface area contributed by atoms with Crippen LogP contribution in [0.3, 0.4) is 0 Å². The Morgan fingerprint density at radius 2 is 1.00 bits per heavy atom. The second-order valence-corrected chi connectivity index (χ2v) is 20.9. The highest BCUT2D eigenvalue weighted by atomic mass is 31.1. The Kier molecular flexibility index (Phi) is 11.6. The summed E-state index contributed by atoms with van der Waals surface area (Å²) in [5.74, 6) is 0.885. The quantitative estimate of drug-likeness (QED) is 0.257. The Hall–Kier alpha value is 0.0400. The van der Waals surface area contributed by atoms with E-state index in [2.05, 4.69) is 43.3 Å². The number of hydrogen-bond acceptors (Lipinski definition) is 1. The molecule has 0 saturated heterocycles. The minimum atomic E-state index is -0.0597. The third kappa shape index (κ3) is 7.31. The average molecular weight is 596 g/mol. The van der Waals surface area contributed by atoms with E-state index in [0.29, 0.717) is 6.04 Å². The van der Waals surface area contributed by atoms with Crippen LogP contribution in [0.2, 0.25) is 0 Å². The van der Waals surface area contributed by atoms with Gasteiger partial charge >= 0.3 is 0 Å². The maximum atomic E-state index is 2.73. The van der Waals surface area contributed by atoms with Gasteiger partial charge in [0.15, 0.2) is 0 Å². The molecule has 0 unspecified atom stereocenters. The first-order valence-corrected chi connectivity index (χ1v) is 21.6. The molecule has 6 rings (SSSR count). The van der Waals surface area contributed by atoms with E-state index in [4.69, 9.17) is 0 Å². The first kappa shape index (κ1) is 31.0. The normalized spacial score (nSPS) is 29.1. The van der Waals surface area contributed by atoms with Gasteiger partial charge in [0, 0.05) is 6.04 Å². The van der Waals surface area contributed by atoms with Crippen LogP contribution >= 0.6 is 15.8 Å². The first-order chi connectivity index (χ1) is 20.2. The van der Waals surface area contributed by atoms with Crippen LogP contribution in [-0.2, 0) is 0 Å². The van der Waals surface area contributed by atoms with E-state index in [9.17, 15) is 0 Å². The lowest BCUT2D eigenvalue weighted by atomic mass is 9.90. The maximum absolute atomic E-state index is 2.73. The van der Waals surface area contributed by atoms with E-state index >= 15 is 0 Å². The van der Waals surface area contributed by atoms with Crippen LogP contribution in [0, 0.1) is 5.92 Å². The molecule has 5 aliphatic rings. The Morgan fingerprint density at radius 1 is 0.537 bits per heavy atom. The van der Waals surface area contributed by atoms with Crippen LogP contribution in [0.5, 0.6) is 0 Å². The third-order valence-electron chi connectivity index (χ3n) is 12.3. The van der Waals surface area contributed by atoms with Gasteiger partial charge in [0.05, 0.1) is 0 Å². The van der Waals surface area contributed by atoms with Crippen molar-refractivity contribution < 1.29 is 0 Å². The number of rotatable bonds is 9. The molecule has 5 fully saturated rings. The molecule has 1 aromatic carbocycles. The molecular weight excluding hydrogens is 532 g/mol. The predicted octanol–water partition coefficient (Wildman–Crippen LogP) is 11.4. The Morgan fingerprint density at radius 3 is 1.49 bits per heavy atom. The first-order valence-electron chi connectivity index (χ1n) is 18.5. The van der Waals surface area contributed by atoms with E-state index in [0.717, 1.165) is 34.2 Å². The van der Waals surface area contributed by atoms with Gasteiger partial charge in [-0.15, -0.1) is 0 Å². The summed E-state index contributed by atoms with van der Waals surface area (Å²) in [4.78, 5) is 2.73.